The normalized spacial score (nSPS) is 27.5. The van der Waals surface area contributed by atoms with Crippen LogP contribution < -0.4 is 4.90 Å². The lowest BCUT2D eigenvalue weighted by Gasteiger charge is -2.19. The number of rotatable bonds is 4. The maximum Gasteiger partial charge on any atom is 0.166 e. The summed E-state index contributed by atoms with van der Waals surface area (Å²) in [6, 6.07) is -0.0100. The lowest BCUT2D eigenvalue weighted by molar-refractivity contribution is 0.0287. The summed E-state index contributed by atoms with van der Waals surface area (Å²) in [7, 11) is 2.00. The molecule has 0 bridgehead atoms. The number of aliphatic hydroxyl groups excluding tert-OH is 3. The molecule has 0 aliphatic heterocycles. The zero-order valence-corrected chi connectivity index (χ0v) is 12.7. The summed E-state index contributed by atoms with van der Waals surface area (Å²) >= 11 is 0. The smallest absolute Gasteiger partial charge is 0.166 e. The third-order valence-corrected chi connectivity index (χ3v) is 4.71. The van der Waals surface area contributed by atoms with E-state index >= 15 is 0 Å². The average molecular weight is 317 g/mol. The Labute approximate surface area is 132 Å². The van der Waals surface area contributed by atoms with Crippen LogP contribution in [0.15, 0.2) is 24.3 Å². The van der Waals surface area contributed by atoms with E-state index in [-0.39, 0.29) is 6.61 Å². The molecule has 0 amide bonds. The van der Waals surface area contributed by atoms with Gasteiger partial charge in [-0.1, -0.05) is 6.08 Å². The van der Waals surface area contributed by atoms with Gasteiger partial charge in [-0.2, -0.15) is 0 Å². The van der Waals surface area contributed by atoms with Crippen molar-refractivity contribution in [3.05, 3.63) is 24.3 Å². The van der Waals surface area contributed by atoms with E-state index in [1.54, 1.807) is 17.0 Å². The summed E-state index contributed by atoms with van der Waals surface area (Å²) in [6.07, 6.45) is 4.96. The standard InChI is InChI=1S/C15H19N5O3/c1-19(9-2-3-9)14-11-15(17-6-16-14)20(7-18-11)10-4-8(5-21)12(22)13(10)23/h4,6-7,9-10,12-13,21-23H,2-3,5H2,1H3. The van der Waals surface area contributed by atoms with E-state index in [2.05, 4.69) is 19.9 Å². The third-order valence-electron chi connectivity index (χ3n) is 4.71. The second-order valence-corrected chi connectivity index (χ2v) is 6.19. The molecule has 2 heterocycles. The number of nitrogens with zero attached hydrogens (tertiary/aromatic N) is 5. The summed E-state index contributed by atoms with van der Waals surface area (Å²) in [6.45, 7) is -0.286. The fraction of sp³-hybridized carbons (Fsp3) is 0.533. The fourth-order valence-corrected chi connectivity index (χ4v) is 3.16. The quantitative estimate of drug-likeness (QED) is 0.660. The van der Waals surface area contributed by atoms with E-state index in [9.17, 15) is 15.3 Å². The van der Waals surface area contributed by atoms with Crippen LogP contribution >= 0.6 is 0 Å². The van der Waals surface area contributed by atoms with E-state index in [0.717, 1.165) is 18.7 Å². The molecule has 3 atom stereocenters. The average Bonchev–Trinajstić information content (AvgIpc) is 3.27. The van der Waals surface area contributed by atoms with Crippen molar-refractivity contribution in [3.8, 4) is 0 Å². The van der Waals surface area contributed by atoms with E-state index < -0.39 is 18.2 Å². The summed E-state index contributed by atoms with van der Waals surface area (Å²) in [5, 5.41) is 29.5. The van der Waals surface area contributed by atoms with Crippen LogP contribution in [0, 0.1) is 0 Å². The van der Waals surface area contributed by atoms with Crippen molar-refractivity contribution in [3.63, 3.8) is 0 Å². The highest BCUT2D eigenvalue weighted by Crippen LogP contribution is 2.35. The Balaban J connectivity index is 1.77. The Hall–Kier alpha value is -2.03. The van der Waals surface area contributed by atoms with Gasteiger partial charge in [-0.3, -0.25) is 0 Å². The molecule has 4 rings (SSSR count). The molecule has 2 aromatic rings. The van der Waals surface area contributed by atoms with Gasteiger partial charge in [0.1, 0.15) is 18.5 Å². The number of aromatic nitrogens is 4. The van der Waals surface area contributed by atoms with E-state index in [1.165, 1.54) is 6.33 Å². The Kier molecular flexibility index (Phi) is 3.33. The molecule has 23 heavy (non-hydrogen) atoms. The molecule has 3 unspecified atom stereocenters. The largest absolute Gasteiger partial charge is 0.392 e. The fourth-order valence-electron chi connectivity index (χ4n) is 3.16. The predicted molar refractivity (Wildman–Crippen MR) is 83.0 cm³/mol. The molecule has 0 saturated heterocycles. The van der Waals surface area contributed by atoms with Gasteiger partial charge < -0.3 is 24.8 Å². The van der Waals surface area contributed by atoms with Crippen LogP contribution in [-0.4, -0.2) is 66.7 Å². The number of hydrogen-bond donors (Lipinski definition) is 3. The molecular formula is C15H19N5O3. The molecule has 8 heteroatoms. The van der Waals surface area contributed by atoms with Crippen LogP contribution in [-0.2, 0) is 0 Å². The van der Waals surface area contributed by atoms with Gasteiger partial charge in [-0.15, -0.1) is 0 Å². The first kappa shape index (κ1) is 14.6. The number of anilines is 1. The van der Waals surface area contributed by atoms with Crippen LogP contribution in [0.5, 0.6) is 0 Å². The van der Waals surface area contributed by atoms with E-state index in [1.807, 2.05) is 7.05 Å². The zero-order valence-electron chi connectivity index (χ0n) is 12.7. The van der Waals surface area contributed by atoms with Crippen molar-refractivity contribution in [2.45, 2.75) is 37.1 Å². The Morgan fingerprint density at radius 3 is 2.70 bits per heavy atom. The molecule has 0 aromatic carbocycles. The minimum Gasteiger partial charge on any atom is -0.392 e. The van der Waals surface area contributed by atoms with Crippen LogP contribution in [0.2, 0.25) is 0 Å². The third kappa shape index (κ3) is 2.21. The first-order valence-electron chi connectivity index (χ1n) is 7.69. The highest BCUT2D eigenvalue weighted by Gasteiger charge is 2.36. The highest BCUT2D eigenvalue weighted by atomic mass is 16.3. The highest BCUT2D eigenvalue weighted by molar-refractivity contribution is 5.83. The molecule has 0 radical (unpaired) electrons. The van der Waals surface area contributed by atoms with Gasteiger partial charge in [-0.05, 0) is 18.4 Å². The van der Waals surface area contributed by atoms with Crippen LogP contribution in [0.3, 0.4) is 0 Å². The van der Waals surface area contributed by atoms with Gasteiger partial charge in [0.05, 0.1) is 19.0 Å². The predicted octanol–water partition coefficient (Wildman–Crippen LogP) is -0.380. The SMILES string of the molecule is CN(c1ncnc2c1ncn2C1C=C(CO)C(O)C1O)C1CC1. The lowest BCUT2D eigenvalue weighted by atomic mass is 10.1. The Bertz CT molecular complexity index is 770. The van der Waals surface area contributed by atoms with Crippen molar-refractivity contribution < 1.29 is 15.3 Å². The summed E-state index contributed by atoms with van der Waals surface area (Å²) in [4.78, 5) is 15.2. The first-order valence-corrected chi connectivity index (χ1v) is 7.69. The van der Waals surface area contributed by atoms with Gasteiger partial charge in [0.15, 0.2) is 17.0 Å². The summed E-state index contributed by atoms with van der Waals surface area (Å²) < 4.78 is 1.72. The van der Waals surface area contributed by atoms with Gasteiger partial charge in [0, 0.05) is 13.1 Å². The molecule has 122 valence electrons. The molecular weight excluding hydrogens is 298 g/mol. The molecule has 2 aliphatic carbocycles. The van der Waals surface area contributed by atoms with Crippen molar-refractivity contribution in [1.82, 2.24) is 19.5 Å². The molecule has 1 fully saturated rings. The summed E-state index contributed by atoms with van der Waals surface area (Å²) in [5.74, 6) is 0.774. The first-order chi connectivity index (χ1) is 11.1. The second kappa shape index (κ2) is 5.26. The second-order valence-electron chi connectivity index (χ2n) is 6.19. The van der Waals surface area contributed by atoms with Gasteiger partial charge in [-0.25, -0.2) is 15.0 Å². The van der Waals surface area contributed by atoms with E-state index in [0.29, 0.717) is 22.8 Å². The Morgan fingerprint density at radius 1 is 1.26 bits per heavy atom. The van der Waals surface area contributed by atoms with Gasteiger partial charge >= 0.3 is 0 Å². The minimum atomic E-state index is -1.07. The topological polar surface area (TPSA) is 108 Å². The molecule has 1 saturated carbocycles. The number of imidazole rings is 1. The zero-order chi connectivity index (χ0) is 16.1. The molecule has 2 aromatic heterocycles. The molecule has 8 nitrogen and oxygen atoms in total. The number of aliphatic hydroxyl groups is 3. The van der Waals surface area contributed by atoms with Gasteiger partial charge in [0.2, 0.25) is 0 Å². The Morgan fingerprint density at radius 2 is 2.04 bits per heavy atom. The van der Waals surface area contributed by atoms with Crippen molar-refractivity contribution >= 4 is 17.0 Å². The minimum absolute atomic E-state index is 0.286. The number of fused-ring (bicyclic) bond motifs is 1. The molecule has 0 spiro atoms. The van der Waals surface area contributed by atoms with Crippen molar-refractivity contribution in [1.29, 1.82) is 0 Å². The maximum atomic E-state index is 10.3. The summed E-state index contributed by atoms with van der Waals surface area (Å²) in [5.41, 5.74) is 1.69. The van der Waals surface area contributed by atoms with Crippen LogP contribution in [0.4, 0.5) is 5.82 Å². The van der Waals surface area contributed by atoms with Gasteiger partial charge in [0.25, 0.3) is 0 Å². The van der Waals surface area contributed by atoms with Crippen molar-refractivity contribution in [2.24, 2.45) is 0 Å². The lowest BCUT2D eigenvalue weighted by Crippen LogP contribution is -2.30. The van der Waals surface area contributed by atoms with Crippen LogP contribution in [0.25, 0.3) is 11.2 Å². The van der Waals surface area contributed by atoms with Crippen LogP contribution in [0.1, 0.15) is 18.9 Å². The van der Waals surface area contributed by atoms with Crippen molar-refractivity contribution in [2.75, 3.05) is 18.6 Å². The number of hydrogen-bond acceptors (Lipinski definition) is 7. The molecule has 2 aliphatic rings. The maximum absolute atomic E-state index is 10.3. The monoisotopic (exact) mass is 317 g/mol. The molecule has 3 N–H and O–H groups in total. The van der Waals surface area contributed by atoms with E-state index in [4.69, 9.17) is 0 Å².